The van der Waals surface area contributed by atoms with Gasteiger partial charge in [-0.15, -0.1) is 0 Å². The summed E-state index contributed by atoms with van der Waals surface area (Å²) >= 11 is 0. The molecule has 0 aromatic heterocycles. The minimum Gasteiger partial charge on any atom is -0.232 e. The third kappa shape index (κ3) is 2.74. The molecule has 0 amide bonds. The average molecular weight is 385 g/mol. The summed E-state index contributed by atoms with van der Waals surface area (Å²) < 4.78 is 134. The average Bonchev–Trinajstić information content (AvgIpc) is 2.36. The first-order valence-electron chi connectivity index (χ1n) is 4.92. The maximum absolute atomic E-state index is 13.3. The molecule has 0 heterocycles. The largest absolute Gasteiger partial charge is 0.451 e. The van der Waals surface area contributed by atoms with Crippen molar-refractivity contribution in [1.29, 1.82) is 0 Å². The molecule has 5 nitrogen and oxygen atoms in total. The van der Waals surface area contributed by atoms with E-state index in [9.17, 15) is 47.1 Å². The van der Waals surface area contributed by atoms with Gasteiger partial charge in [0, 0.05) is 0 Å². The summed E-state index contributed by atoms with van der Waals surface area (Å²) in [5, 5.41) is -13.3. The van der Waals surface area contributed by atoms with Gasteiger partial charge in [-0.1, -0.05) is 3.89 Å². The summed E-state index contributed by atoms with van der Waals surface area (Å²) in [6, 6.07) is -0.804. The van der Waals surface area contributed by atoms with Crippen molar-refractivity contribution in [2.75, 3.05) is 0 Å². The van der Waals surface area contributed by atoms with E-state index in [1.165, 1.54) is 0 Å². The van der Waals surface area contributed by atoms with Crippen LogP contribution in [0, 0.1) is 18.2 Å². The molecule has 0 saturated carbocycles. The minimum absolute atomic E-state index is 0.402. The fourth-order valence-electron chi connectivity index (χ4n) is 1.25. The number of sulfone groups is 1. The molecule has 0 bridgehead atoms. The number of hydrogen-bond donors (Lipinski definition) is 0. The number of nitrogens with zero attached hydrogens (tertiary/aromatic N) is 1. The molecule has 0 aliphatic rings. The first-order chi connectivity index (χ1) is 10.1. The molecule has 0 fully saturated rings. The summed E-state index contributed by atoms with van der Waals surface area (Å²) in [6.45, 7) is 6.35. The first kappa shape index (κ1) is 19.2. The van der Waals surface area contributed by atoms with Crippen molar-refractivity contribution >= 4 is 25.7 Å². The Balaban J connectivity index is 3.70. The Bertz CT molecular complexity index is 879. The Morgan fingerprint density at radius 1 is 0.913 bits per heavy atom. The molecule has 23 heavy (non-hydrogen) atoms. The van der Waals surface area contributed by atoms with Gasteiger partial charge in [-0.05, 0) is 12.1 Å². The topological polar surface area (TPSA) is 72.6 Å². The third-order valence-electron chi connectivity index (χ3n) is 2.40. The molecule has 0 N–H and O–H groups in total. The highest BCUT2D eigenvalue weighted by Gasteiger charge is 2.74. The van der Waals surface area contributed by atoms with Gasteiger partial charge in [-0.25, -0.2) is 22.0 Å². The van der Waals surface area contributed by atoms with Gasteiger partial charge >= 0.3 is 20.7 Å². The van der Waals surface area contributed by atoms with Crippen LogP contribution in [0.15, 0.2) is 17.0 Å². The van der Waals surface area contributed by atoms with Crippen molar-refractivity contribution in [1.82, 2.24) is 0 Å². The van der Waals surface area contributed by atoms with Gasteiger partial charge in [0.2, 0.25) is 0 Å². The highest BCUT2D eigenvalue weighted by atomic mass is 32.3. The lowest BCUT2D eigenvalue weighted by molar-refractivity contribution is -0.0992. The van der Waals surface area contributed by atoms with E-state index in [4.69, 9.17) is 6.57 Å². The lowest BCUT2D eigenvalue weighted by Crippen LogP contribution is -2.50. The fraction of sp³-hybridized carbons (Fsp3) is 0.222. The molecule has 14 heteroatoms. The van der Waals surface area contributed by atoms with Crippen LogP contribution in [0.1, 0.15) is 0 Å². The predicted octanol–water partition coefficient (Wildman–Crippen LogP) is 2.77. The van der Waals surface area contributed by atoms with Crippen LogP contribution in [-0.4, -0.2) is 27.3 Å². The van der Waals surface area contributed by atoms with Crippen molar-refractivity contribution < 1.29 is 47.1 Å². The molecule has 1 aromatic carbocycles. The van der Waals surface area contributed by atoms with Crippen LogP contribution >= 0.6 is 0 Å². The summed E-state index contributed by atoms with van der Waals surface area (Å²) in [7, 11) is -14.1. The quantitative estimate of drug-likeness (QED) is 0.454. The molecule has 0 spiro atoms. The zero-order chi connectivity index (χ0) is 18.4. The fourth-order valence-corrected chi connectivity index (χ4v) is 3.29. The summed E-state index contributed by atoms with van der Waals surface area (Å²) in [6.07, 6.45) is 0. The van der Waals surface area contributed by atoms with Crippen LogP contribution in [0.25, 0.3) is 4.85 Å². The van der Waals surface area contributed by atoms with E-state index in [0.717, 1.165) is 0 Å². The predicted molar refractivity (Wildman–Crippen MR) is 59.7 cm³/mol. The number of halogens is 7. The van der Waals surface area contributed by atoms with Gasteiger partial charge in [0.1, 0.15) is 11.6 Å². The number of hydrogen-bond acceptors (Lipinski definition) is 4. The van der Waals surface area contributed by atoms with Crippen molar-refractivity contribution in [3.8, 4) is 0 Å². The van der Waals surface area contributed by atoms with Crippen LogP contribution in [0.2, 0.25) is 0 Å². The highest BCUT2D eigenvalue weighted by Crippen LogP contribution is 2.46. The Hall–Kier alpha value is -1.88. The van der Waals surface area contributed by atoms with Crippen molar-refractivity contribution in [3.05, 3.63) is 35.2 Å². The molecule has 128 valence electrons. The van der Waals surface area contributed by atoms with E-state index in [-0.39, 0.29) is 0 Å². The van der Waals surface area contributed by atoms with Gasteiger partial charge in [0.05, 0.1) is 11.5 Å². The number of alkyl halides is 4. The van der Waals surface area contributed by atoms with E-state index in [1.54, 1.807) is 0 Å². The van der Waals surface area contributed by atoms with Crippen molar-refractivity contribution in [3.63, 3.8) is 0 Å². The van der Waals surface area contributed by atoms with Crippen molar-refractivity contribution in [2.45, 2.75) is 15.4 Å². The number of rotatable bonds is 4. The summed E-state index contributed by atoms with van der Waals surface area (Å²) in [5.41, 5.74) is -1.42. The molecule has 0 unspecified atom stereocenters. The lowest BCUT2D eigenvalue weighted by Gasteiger charge is -2.23. The van der Waals surface area contributed by atoms with E-state index in [2.05, 4.69) is 4.85 Å². The molecule has 0 saturated heterocycles. The molecular formula is C9H2F7NO4S2. The number of benzene rings is 1. The maximum atomic E-state index is 13.3. The first-order valence-corrected chi connectivity index (χ1v) is 7.79. The standard InChI is InChI=1S/C9H2F7NO4S2/c1-17-7-5(10)2-4(3-6(7)11)22(18,19)8(12,13)9(14,15)23(16,20)21/h2-3H. The molecule has 0 aliphatic carbocycles. The Kier molecular flexibility index (Phi) is 4.45. The van der Waals surface area contributed by atoms with Gasteiger partial charge in [0.25, 0.3) is 15.5 Å². The van der Waals surface area contributed by atoms with Crippen LogP contribution in [-0.2, 0) is 20.1 Å². The monoisotopic (exact) mass is 385 g/mol. The van der Waals surface area contributed by atoms with Gasteiger partial charge in [-0.2, -0.15) is 26.0 Å². The van der Waals surface area contributed by atoms with Crippen molar-refractivity contribution in [2.24, 2.45) is 0 Å². The van der Waals surface area contributed by atoms with Crippen LogP contribution in [0.3, 0.4) is 0 Å². The van der Waals surface area contributed by atoms with Crippen LogP contribution in [0.4, 0.5) is 35.9 Å². The summed E-state index contributed by atoms with van der Waals surface area (Å²) in [4.78, 5) is 0.153. The zero-order valence-electron chi connectivity index (χ0n) is 10.2. The maximum Gasteiger partial charge on any atom is 0.451 e. The Labute approximate surface area is 124 Å². The molecule has 0 atom stereocenters. The second-order valence-corrected chi connectivity index (χ2v) is 7.20. The van der Waals surface area contributed by atoms with Crippen LogP contribution < -0.4 is 0 Å². The third-order valence-corrected chi connectivity index (χ3v) is 5.18. The molecule has 1 aromatic rings. The van der Waals surface area contributed by atoms with Gasteiger partial charge in [-0.3, -0.25) is 0 Å². The Morgan fingerprint density at radius 2 is 1.30 bits per heavy atom. The second-order valence-electron chi connectivity index (χ2n) is 3.82. The van der Waals surface area contributed by atoms with E-state index >= 15 is 0 Å². The minimum atomic E-state index is -7.38. The smallest absolute Gasteiger partial charge is 0.232 e. The molecule has 0 radical (unpaired) electrons. The zero-order valence-corrected chi connectivity index (χ0v) is 11.8. The van der Waals surface area contributed by atoms with E-state index in [1.807, 2.05) is 0 Å². The lowest BCUT2D eigenvalue weighted by atomic mass is 10.3. The molecular weight excluding hydrogens is 383 g/mol. The normalized spacial score (nSPS) is 13.7. The molecule has 1 rings (SSSR count). The van der Waals surface area contributed by atoms with Gasteiger partial charge in [0.15, 0.2) is 0 Å². The van der Waals surface area contributed by atoms with E-state index in [0.29, 0.717) is 0 Å². The van der Waals surface area contributed by atoms with E-state index < -0.39 is 64.9 Å². The second kappa shape index (κ2) is 5.34. The summed E-state index contributed by atoms with van der Waals surface area (Å²) in [5.74, 6) is -3.97. The SMILES string of the molecule is [C-]#[N+]c1c(F)cc(S(=O)(=O)C(F)(F)C(F)(F)S(=O)(=O)F)cc1F. The Morgan fingerprint density at radius 3 is 1.61 bits per heavy atom. The van der Waals surface area contributed by atoms with Gasteiger partial charge < -0.3 is 0 Å². The highest BCUT2D eigenvalue weighted by molar-refractivity contribution is 7.94. The van der Waals surface area contributed by atoms with Crippen LogP contribution in [0.5, 0.6) is 0 Å². The molecule has 0 aliphatic heterocycles.